The van der Waals surface area contributed by atoms with Crippen molar-refractivity contribution in [1.29, 1.82) is 0 Å². The van der Waals surface area contributed by atoms with Crippen LogP contribution < -0.4 is 11.1 Å². The molecule has 7 heteroatoms. The fourth-order valence-electron chi connectivity index (χ4n) is 1.47. The van der Waals surface area contributed by atoms with E-state index in [0.717, 1.165) is 11.3 Å². The Balaban J connectivity index is 0.00000180. The van der Waals surface area contributed by atoms with Crippen molar-refractivity contribution < 1.29 is 4.79 Å². The second-order valence-corrected chi connectivity index (χ2v) is 3.79. The fourth-order valence-corrected chi connectivity index (χ4v) is 1.47. The van der Waals surface area contributed by atoms with Gasteiger partial charge in [0.15, 0.2) is 5.82 Å². The zero-order valence-corrected chi connectivity index (χ0v) is 11.3. The third-order valence-electron chi connectivity index (χ3n) is 2.47. The minimum atomic E-state index is -0.00828. The average molecular weight is 282 g/mol. The van der Waals surface area contributed by atoms with E-state index in [1.165, 1.54) is 0 Å². The lowest BCUT2D eigenvalue weighted by molar-refractivity contribution is -0.115. The molecule has 1 heterocycles. The third kappa shape index (κ3) is 3.77. The minimum Gasteiger partial charge on any atom is -0.326 e. The topological polar surface area (TPSA) is 96.7 Å². The first-order valence-corrected chi connectivity index (χ1v) is 5.74. The smallest absolute Gasteiger partial charge is 0.224 e. The molecule has 4 N–H and O–H groups in total. The van der Waals surface area contributed by atoms with E-state index >= 15 is 0 Å². The molecular formula is C12H16ClN5O. The number of halogens is 1. The number of anilines is 1. The highest BCUT2D eigenvalue weighted by Crippen LogP contribution is 2.17. The zero-order valence-electron chi connectivity index (χ0n) is 10.5. The molecule has 102 valence electrons. The van der Waals surface area contributed by atoms with Crippen molar-refractivity contribution >= 4 is 24.0 Å². The Hall–Kier alpha value is -1.92. The molecule has 0 aliphatic rings. The average Bonchev–Trinajstić information content (AvgIpc) is 2.88. The summed E-state index contributed by atoms with van der Waals surface area (Å²) < 4.78 is 0. The van der Waals surface area contributed by atoms with Gasteiger partial charge >= 0.3 is 0 Å². The van der Waals surface area contributed by atoms with Crippen LogP contribution >= 0.6 is 12.4 Å². The van der Waals surface area contributed by atoms with Crippen LogP contribution in [0.2, 0.25) is 0 Å². The number of H-pyrrole nitrogens is 1. The van der Waals surface area contributed by atoms with E-state index < -0.39 is 0 Å². The molecule has 0 unspecified atom stereocenters. The van der Waals surface area contributed by atoms with Crippen LogP contribution in [0.1, 0.15) is 19.2 Å². The summed E-state index contributed by atoms with van der Waals surface area (Å²) in [6.45, 7) is 2.14. The standard InChI is InChI=1S/C12H15N5O.ClH/c1-2-11(18)14-9-5-3-8(4-6-9)12-15-10(7-13)16-17-12;/h3-6H,2,7,13H2,1H3,(H,14,18)(H,15,16,17);1H. The molecule has 0 radical (unpaired) electrons. The molecule has 6 nitrogen and oxygen atoms in total. The summed E-state index contributed by atoms with van der Waals surface area (Å²) in [5, 5.41) is 9.59. The fraction of sp³-hybridized carbons (Fsp3) is 0.250. The van der Waals surface area contributed by atoms with E-state index in [9.17, 15) is 4.79 Å². The molecule has 0 saturated carbocycles. The molecule has 1 amide bonds. The van der Waals surface area contributed by atoms with Gasteiger partial charge in [-0.1, -0.05) is 6.92 Å². The van der Waals surface area contributed by atoms with Crippen molar-refractivity contribution in [2.24, 2.45) is 5.73 Å². The SMILES string of the molecule is CCC(=O)Nc1ccc(-c2n[nH]c(CN)n2)cc1.Cl. The Bertz CT molecular complexity index is 537. The van der Waals surface area contributed by atoms with Crippen molar-refractivity contribution in [2.45, 2.75) is 19.9 Å². The first-order chi connectivity index (χ1) is 8.72. The van der Waals surface area contributed by atoms with Crippen LogP contribution in [0, 0.1) is 0 Å². The lowest BCUT2D eigenvalue weighted by atomic mass is 10.2. The molecule has 0 saturated heterocycles. The molecule has 0 fully saturated rings. The van der Waals surface area contributed by atoms with E-state index in [4.69, 9.17) is 5.73 Å². The van der Waals surface area contributed by atoms with Gasteiger partial charge in [-0.3, -0.25) is 9.89 Å². The molecule has 0 atom stereocenters. The highest BCUT2D eigenvalue weighted by Gasteiger charge is 2.05. The van der Waals surface area contributed by atoms with Crippen LogP contribution in [-0.4, -0.2) is 21.1 Å². The van der Waals surface area contributed by atoms with Crippen LogP contribution in [0.4, 0.5) is 5.69 Å². The van der Waals surface area contributed by atoms with Crippen molar-refractivity contribution in [1.82, 2.24) is 15.2 Å². The maximum absolute atomic E-state index is 11.2. The lowest BCUT2D eigenvalue weighted by Crippen LogP contribution is -2.09. The molecule has 0 bridgehead atoms. The lowest BCUT2D eigenvalue weighted by Gasteiger charge is -2.03. The number of benzene rings is 1. The maximum atomic E-state index is 11.2. The van der Waals surface area contributed by atoms with Gasteiger partial charge in [0, 0.05) is 17.7 Å². The number of amides is 1. The van der Waals surface area contributed by atoms with E-state index in [2.05, 4.69) is 20.5 Å². The van der Waals surface area contributed by atoms with Gasteiger partial charge in [0.25, 0.3) is 0 Å². The van der Waals surface area contributed by atoms with Crippen LogP contribution in [0.3, 0.4) is 0 Å². The van der Waals surface area contributed by atoms with Crippen molar-refractivity contribution in [3.8, 4) is 11.4 Å². The summed E-state index contributed by atoms with van der Waals surface area (Å²) in [6, 6.07) is 7.35. The summed E-state index contributed by atoms with van der Waals surface area (Å²) in [5.41, 5.74) is 7.09. The number of carbonyl (C=O) groups excluding carboxylic acids is 1. The normalized spacial score (nSPS) is 9.79. The summed E-state index contributed by atoms with van der Waals surface area (Å²) in [7, 11) is 0. The van der Waals surface area contributed by atoms with E-state index in [-0.39, 0.29) is 18.3 Å². The number of hydrogen-bond donors (Lipinski definition) is 3. The number of nitrogens with one attached hydrogen (secondary N) is 2. The molecule has 19 heavy (non-hydrogen) atoms. The molecular weight excluding hydrogens is 266 g/mol. The number of aromatic nitrogens is 3. The van der Waals surface area contributed by atoms with Crippen LogP contribution in [0.15, 0.2) is 24.3 Å². The third-order valence-corrected chi connectivity index (χ3v) is 2.47. The number of nitrogens with two attached hydrogens (primary N) is 1. The second-order valence-electron chi connectivity index (χ2n) is 3.79. The predicted molar refractivity (Wildman–Crippen MR) is 75.9 cm³/mol. The molecule has 0 aliphatic heterocycles. The Labute approximate surface area is 117 Å². The molecule has 0 spiro atoms. The first-order valence-electron chi connectivity index (χ1n) is 5.74. The van der Waals surface area contributed by atoms with Crippen LogP contribution in [-0.2, 0) is 11.3 Å². The van der Waals surface area contributed by atoms with E-state index in [1.807, 2.05) is 31.2 Å². The van der Waals surface area contributed by atoms with Gasteiger partial charge in [-0.2, -0.15) is 5.10 Å². The molecule has 0 aliphatic carbocycles. The highest BCUT2D eigenvalue weighted by molar-refractivity contribution is 5.90. The quantitative estimate of drug-likeness (QED) is 0.794. The number of rotatable bonds is 4. The highest BCUT2D eigenvalue weighted by atomic mass is 35.5. The number of hydrogen-bond acceptors (Lipinski definition) is 4. The van der Waals surface area contributed by atoms with Gasteiger partial charge in [-0.05, 0) is 24.3 Å². The van der Waals surface area contributed by atoms with E-state index in [1.54, 1.807) is 0 Å². The van der Waals surface area contributed by atoms with Crippen molar-refractivity contribution in [3.05, 3.63) is 30.1 Å². The largest absolute Gasteiger partial charge is 0.326 e. The summed E-state index contributed by atoms with van der Waals surface area (Å²) in [6.07, 6.45) is 0.461. The summed E-state index contributed by atoms with van der Waals surface area (Å²) in [5.74, 6) is 1.24. The summed E-state index contributed by atoms with van der Waals surface area (Å²) in [4.78, 5) is 15.5. The summed E-state index contributed by atoms with van der Waals surface area (Å²) >= 11 is 0. The minimum absolute atomic E-state index is 0. The number of carbonyl (C=O) groups is 1. The zero-order chi connectivity index (χ0) is 13.0. The van der Waals surface area contributed by atoms with Crippen molar-refractivity contribution in [3.63, 3.8) is 0 Å². The molecule has 2 aromatic rings. The second kappa shape index (κ2) is 6.86. The monoisotopic (exact) mass is 281 g/mol. The van der Waals surface area contributed by atoms with Gasteiger partial charge in [0.05, 0.1) is 6.54 Å². The molecule has 1 aromatic heterocycles. The molecule has 1 aromatic carbocycles. The van der Waals surface area contributed by atoms with Gasteiger partial charge < -0.3 is 11.1 Å². The van der Waals surface area contributed by atoms with E-state index in [0.29, 0.717) is 24.6 Å². The van der Waals surface area contributed by atoms with Gasteiger partial charge in [0.1, 0.15) is 5.82 Å². The predicted octanol–water partition coefficient (Wildman–Crippen LogP) is 1.70. The van der Waals surface area contributed by atoms with Gasteiger partial charge in [-0.15, -0.1) is 12.4 Å². The molecule has 2 rings (SSSR count). The number of aromatic amines is 1. The number of nitrogens with zero attached hydrogens (tertiary/aromatic N) is 2. The maximum Gasteiger partial charge on any atom is 0.224 e. The van der Waals surface area contributed by atoms with Gasteiger partial charge in [0.2, 0.25) is 5.91 Å². The van der Waals surface area contributed by atoms with Gasteiger partial charge in [-0.25, -0.2) is 4.98 Å². The Morgan fingerprint density at radius 1 is 1.37 bits per heavy atom. The van der Waals surface area contributed by atoms with Crippen LogP contribution in [0.25, 0.3) is 11.4 Å². The Morgan fingerprint density at radius 2 is 2.05 bits per heavy atom. The first kappa shape index (κ1) is 15.1. The van der Waals surface area contributed by atoms with Crippen molar-refractivity contribution in [2.75, 3.05) is 5.32 Å². The van der Waals surface area contributed by atoms with Crippen LogP contribution in [0.5, 0.6) is 0 Å². The Kier molecular flexibility index (Phi) is 5.47. The Morgan fingerprint density at radius 3 is 2.58 bits per heavy atom.